The second-order valence-corrected chi connectivity index (χ2v) is 15.6. The number of urea groups is 1. The molecule has 0 radical (unpaired) electrons. The number of carboxylic acid groups (broad SMARTS) is 1. The van der Waals surface area contributed by atoms with Gasteiger partial charge in [0.25, 0.3) is 0 Å². The molecule has 0 spiro atoms. The standard InChI is InChI=1S/C42H62N10O9/c1-24(2)34-38(57)47-30(18-16-28-17-19-33(53)25(3)22-28)39(58)52(5)26(4)35(54)48-32(23-27-12-7-6-8-13-27)36(55)45-20-10-9-14-29(37(56)51-34)49-42(61)50-31(40(59)60)15-11-21-46-41(43)44/h6-8,12-13,17,19,22,24,26,29-32,34,53H,9-11,14-16,18,20-21,23H2,1-5H3,(H,45,55)(H,47,57)(H,48,54)(H,51,56)(H,59,60)(H4,43,44,46)(H2,49,50,61)/t26-,29+,30?,31+,32-,34?/m0/s1. The highest BCUT2D eigenvalue weighted by atomic mass is 16.4. The average molecular weight is 851 g/mol. The van der Waals surface area contributed by atoms with E-state index in [9.17, 15) is 43.8 Å². The van der Waals surface area contributed by atoms with E-state index >= 15 is 0 Å². The molecule has 1 fully saturated rings. The van der Waals surface area contributed by atoms with E-state index in [2.05, 4.69) is 36.9 Å². The number of nitrogens with two attached hydrogens (primary N) is 2. The van der Waals surface area contributed by atoms with Crippen molar-refractivity contribution in [2.24, 2.45) is 22.4 Å². The second-order valence-electron chi connectivity index (χ2n) is 15.6. The number of carbonyl (C=O) groups is 7. The predicted molar refractivity (Wildman–Crippen MR) is 228 cm³/mol. The highest BCUT2D eigenvalue weighted by Gasteiger charge is 2.35. The summed E-state index contributed by atoms with van der Waals surface area (Å²) in [6.07, 6.45) is 1.40. The van der Waals surface area contributed by atoms with Gasteiger partial charge in [0.1, 0.15) is 42.0 Å². The summed E-state index contributed by atoms with van der Waals surface area (Å²) in [7, 11) is 1.42. The number of guanidine groups is 1. The molecule has 7 amide bonds. The number of likely N-dealkylation sites (N-methyl/N-ethyl adjacent to an activating group) is 1. The van der Waals surface area contributed by atoms with Crippen LogP contribution in [0.4, 0.5) is 4.79 Å². The molecule has 1 saturated heterocycles. The van der Waals surface area contributed by atoms with Gasteiger partial charge >= 0.3 is 12.0 Å². The zero-order valence-electron chi connectivity index (χ0n) is 35.5. The lowest BCUT2D eigenvalue weighted by molar-refractivity contribution is -0.142. The van der Waals surface area contributed by atoms with Crippen LogP contribution >= 0.6 is 0 Å². The molecule has 12 N–H and O–H groups in total. The summed E-state index contributed by atoms with van der Waals surface area (Å²) < 4.78 is 0. The van der Waals surface area contributed by atoms with E-state index in [-0.39, 0.29) is 63.3 Å². The Balaban J connectivity index is 1.96. The summed E-state index contributed by atoms with van der Waals surface area (Å²) in [5.41, 5.74) is 12.9. The van der Waals surface area contributed by atoms with Crippen molar-refractivity contribution in [2.75, 3.05) is 20.1 Å². The third kappa shape index (κ3) is 15.9. The van der Waals surface area contributed by atoms with Crippen molar-refractivity contribution in [1.82, 2.24) is 36.8 Å². The first-order chi connectivity index (χ1) is 28.9. The maximum absolute atomic E-state index is 14.2. The zero-order chi connectivity index (χ0) is 45.2. The molecule has 1 aliphatic heterocycles. The van der Waals surface area contributed by atoms with E-state index in [0.29, 0.717) is 18.4 Å². The third-order valence-corrected chi connectivity index (χ3v) is 10.5. The molecule has 2 aromatic rings. The minimum Gasteiger partial charge on any atom is -0.508 e. The van der Waals surface area contributed by atoms with Crippen LogP contribution in [0.3, 0.4) is 0 Å². The number of phenolic OH excluding ortho intramolecular Hbond substituents is 1. The molecule has 61 heavy (non-hydrogen) atoms. The number of aliphatic carboxylic acids is 1. The molecular weight excluding hydrogens is 789 g/mol. The van der Waals surface area contributed by atoms with Crippen LogP contribution in [0.2, 0.25) is 0 Å². The molecule has 1 heterocycles. The molecule has 0 aliphatic carbocycles. The Bertz CT molecular complexity index is 1870. The smallest absolute Gasteiger partial charge is 0.326 e. The summed E-state index contributed by atoms with van der Waals surface area (Å²) in [6, 6.07) is 6.05. The predicted octanol–water partition coefficient (Wildman–Crippen LogP) is 0.308. The van der Waals surface area contributed by atoms with E-state index in [1.165, 1.54) is 24.9 Å². The molecule has 2 unspecified atom stereocenters. The number of hydrogen-bond acceptors (Lipinski definition) is 9. The van der Waals surface area contributed by atoms with Gasteiger partial charge < -0.3 is 58.5 Å². The van der Waals surface area contributed by atoms with Gasteiger partial charge in [0.05, 0.1) is 0 Å². The topological polar surface area (TPSA) is 300 Å². The van der Waals surface area contributed by atoms with Crippen LogP contribution < -0.4 is 43.4 Å². The highest BCUT2D eigenvalue weighted by molar-refractivity contribution is 5.96. The number of benzene rings is 2. The maximum atomic E-state index is 14.2. The Kier molecular flexibility index (Phi) is 19.3. The van der Waals surface area contributed by atoms with Gasteiger partial charge in [-0.15, -0.1) is 0 Å². The zero-order valence-corrected chi connectivity index (χ0v) is 35.5. The summed E-state index contributed by atoms with van der Waals surface area (Å²) in [4.78, 5) is 99.8. The van der Waals surface area contributed by atoms with Crippen molar-refractivity contribution < 1.29 is 43.8 Å². The average Bonchev–Trinajstić information content (AvgIpc) is 3.21. The van der Waals surface area contributed by atoms with Gasteiger partial charge in [0, 0.05) is 26.6 Å². The minimum absolute atomic E-state index is 0.0163. The number of aryl methyl sites for hydroxylation is 2. The molecule has 2 aromatic carbocycles. The van der Waals surface area contributed by atoms with Crippen molar-refractivity contribution in [3.8, 4) is 5.75 Å². The minimum atomic E-state index is -1.34. The number of carbonyl (C=O) groups excluding carboxylic acids is 6. The van der Waals surface area contributed by atoms with E-state index in [1.807, 2.05) is 30.3 Å². The molecule has 0 bridgehead atoms. The second kappa shape index (κ2) is 24.0. The fourth-order valence-corrected chi connectivity index (χ4v) is 6.65. The molecule has 19 heteroatoms. The van der Waals surface area contributed by atoms with Crippen LogP contribution in [0.15, 0.2) is 53.5 Å². The monoisotopic (exact) mass is 850 g/mol. The molecular formula is C42H62N10O9. The van der Waals surface area contributed by atoms with E-state index in [0.717, 1.165) is 11.1 Å². The lowest BCUT2D eigenvalue weighted by Gasteiger charge is -2.31. The molecule has 3 rings (SSSR count). The van der Waals surface area contributed by atoms with Gasteiger partial charge in [-0.3, -0.25) is 29.0 Å². The van der Waals surface area contributed by atoms with E-state index in [4.69, 9.17) is 11.5 Å². The summed E-state index contributed by atoms with van der Waals surface area (Å²) in [6.45, 7) is 6.91. The first-order valence-corrected chi connectivity index (χ1v) is 20.5. The fraction of sp³-hybridized carbons (Fsp3) is 0.524. The Hall–Kier alpha value is -6.40. The van der Waals surface area contributed by atoms with Gasteiger partial charge in [-0.1, -0.05) is 56.3 Å². The summed E-state index contributed by atoms with van der Waals surface area (Å²) in [5, 5.41) is 35.9. The number of nitrogens with zero attached hydrogens (tertiary/aromatic N) is 2. The number of aromatic hydroxyl groups is 1. The Morgan fingerprint density at radius 3 is 2.25 bits per heavy atom. The van der Waals surface area contributed by atoms with Crippen molar-refractivity contribution in [3.63, 3.8) is 0 Å². The van der Waals surface area contributed by atoms with Crippen LogP contribution in [-0.2, 0) is 41.6 Å². The molecule has 334 valence electrons. The first-order valence-electron chi connectivity index (χ1n) is 20.5. The van der Waals surface area contributed by atoms with Gasteiger partial charge in [-0.25, -0.2) is 9.59 Å². The number of phenols is 1. The molecule has 0 aromatic heterocycles. The van der Waals surface area contributed by atoms with Crippen molar-refractivity contribution in [2.45, 2.75) is 115 Å². The molecule has 0 saturated carbocycles. The third-order valence-electron chi connectivity index (χ3n) is 10.5. The quantitative estimate of drug-likeness (QED) is 0.0743. The number of hydrogen-bond donors (Lipinski definition) is 10. The van der Waals surface area contributed by atoms with Crippen molar-refractivity contribution in [3.05, 3.63) is 65.2 Å². The summed E-state index contributed by atoms with van der Waals surface area (Å²) in [5.74, 6) is -5.00. The van der Waals surface area contributed by atoms with Gasteiger partial charge in [-0.05, 0) is 87.5 Å². The fourth-order valence-electron chi connectivity index (χ4n) is 6.65. The lowest BCUT2D eigenvalue weighted by Crippen LogP contribution is -2.60. The van der Waals surface area contributed by atoms with Crippen molar-refractivity contribution >= 4 is 47.5 Å². The SMILES string of the molecule is Cc1cc(CCC2NC(=O)C(C(C)C)NC(=O)[C@H](NC(=O)N[C@H](CCCN=C(N)N)C(=O)O)CCCCNC(=O)[C@H](Cc3ccccc3)NC(=O)[C@H](C)N(C)C2=O)ccc1O. The number of aliphatic imine (C=N–C) groups is 1. The first kappa shape index (κ1) is 49.0. The number of amides is 7. The van der Waals surface area contributed by atoms with Crippen molar-refractivity contribution in [1.29, 1.82) is 0 Å². The van der Waals surface area contributed by atoms with E-state index < -0.39 is 83.7 Å². The van der Waals surface area contributed by atoms with Crippen LogP contribution in [0, 0.1) is 12.8 Å². The number of carboxylic acids is 1. The van der Waals surface area contributed by atoms with Crippen LogP contribution in [0.25, 0.3) is 0 Å². The van der Waals surface area contributed by atoms with E-state index in [1.54, 1.807) is 32.9 Å². The number of nitrogens with one attached hydrogen (secondary N) is 6. The Morgan fingerprint density at radius 1 is 0.918 bits per heavy atom. The van der Waals surface area contributed by atoms with Gasteiger partial charge in [-0.2, -0.15) is 0 Å². The maximum Gasteiger partial charge on any atom is 0.326 e. The van der Waals surface area contributed by atoms with Gasteiger partial charge in [0.2, 0.25) is 29.5 Å². The lowest BCUT2D eigenvalue weighted by atomic mass is 9.99. The Labute approximate surface area is 356 Å². The van der Waals surface area contributed by atoms with Crippen LogP contribution in [-0.4, -0.2) is 119 Å². The highest BCUT2D eigenvalue weighted by Crippen LogP contribution is 2.19. The largest absolute Gasteiger partial charge is 0.508 e. The summed E-state index contributed by atoms with van der Waals surface area (Å²) >= 11 is 0. The molecule has 1 aliphatic rings. The number of rotatable bonds is 13. The van der Waals surface area contributed by atoms with Crippen LogP contribution in [0.1, 0.15) is 76.0 Å². The molecule has 19 nitrogen and oxygen atoms in total. The molecule has 6 atom stereocenters. The Morgan fingerprint density at radius 2 is 1.61 bits per heavy atom. The van der Waals surface area contributed by atoms with Gasteiger partial charge in [0.15, 0.2) is 5.96 Å². The normalized spacial score (nSPS) is 21.6. The van der Waals surface area contributed by atoms with Crippen LogP contribution in [0.5, 0.6) is 5.75 Å².